The van der Waals surface area contributed by atoms with E-state index < -0.39 is 0 Å². The van der Waals surface area contributed by atoms with Crippen LogP contribution < -0.4 is 14.7 Å². The molecule has 3 aliphatic rings. The Bertz CT molecular complexity index is 1690. The van der Waals surface area contributed by atoms with E-state index in [0.717, 1.165) is 35.0 Å². The number of para-hydroxylation sites is 2. The summed E-state index contributed by atoms with van der Waals surface area (Å²) >= 11 is 0. The van der Waals surface area contributed by atoms with Crippen molar-refractivity contribution in [2.24, 2.45) is 0 Å². The second-order valence-electron chi connectivity index (χ2n) is 12.2. The molecular formula is C37H36N4Pt. The van der Waals surface area contributed by atoms with Crippen molar-refractivity contribution in [3.63, 3.8) is 0 Å². The second kappa shape index (κ2) is 10.9. The van der Waals surface area contributed by atoms with Crippen LogP contribution in [0.3, 0.4) is 0 Å². The van der Waals surface area contributed by atoms with Crippen molar-refractivity contribution >= 4 is 28.6 Å². The monoisotopic (exact) mass is 731 g/mol. The average Bonchev–Trinajstić information content (AvgIpc) is 3.53. The van der Waals surface area contributed by atoms with Crippen LogP contribution in [0.2, 0.25) is 0 Å². The molecule has 0 bridgehead atoms. The Balaban J connectivity index is 0.00000316. The first kappa shape index (κ1) is 28.5. The van der Waals surface area contributed by atoms with Crippen LogP contribution >= 0.6 is 0 Å². The summed E-state index contributed by atoms with van der Waals surface area (Å²) in [5.74, 6) is 1.26. The summed E-state index contributed by atoms with van der Waals surface area (Å²) in [6.07, 6.45) is 10.8. The number of hydrogen-bond donors (Lipinski definition) is 0. The molecular weight excluding hydrogens is 696 g/mol. The molecule has 42 heavy (non-hydrogen) atoms. The van der Waals surface area contributed by atoms with Gasteiger partial charge in [-0.25, -0.2) is 4.98 Å². The predicted molar refractivity (Wildman–Crippen MR) is 170 cm³/mol. The maximum Gasteiger partial charge on any atom is 2.00 e. The average molecular weight is 732 g/mol. The maximum atomic E-state index is 4.79. The van der Waals surface area contributed by atoms with Gasteiger partial charge in [0, 0.05) is 12.2 Å². The zero-order valence-corrected chi connectivity index (χ0v) is 27.1. The van der Waals surface area contributed by atoms with Crippen molar-refractivity contribution in [1.82, 2.24) is 4.98 Å². The molecule has 1 aromatic heterocycles. The Morgan fingerprint density at radius 1 is 0.881 bits per heavy atom. The fourth-order valence-electron chi connectivity index (χ4n) is 6.54. The van der Waals surface area contributed by atoms with Gasteiger partial charge in [-0.2, -0.15) is 47.5 Å². The Labute approximate surface area is 264 Å². The molecule has 2 unspecified atom stereocenters. The van der Waals surface area contributed by atoms with Crippen LogP contribution in [0.5, 0.6) is 0 Å². The van der Waals surface area contributed by atoms with Crippen LogP contribution in [-0.4, -0.2) is 23.7 Å². The zero-order valence-electron chi connectivity index (χ0n) is 24.8. The summed E-state index contributed by atoms with van der Waals surface area (Å²) in [5, 5.41) is 0. The summed E-state index contributed by atoms with van der Waals surface area (Å²) < 4.78 is 0. The Morgan fingerprint density at radius 3 is 2.43 bits per heavy atom. The van der Waals surface area contributed by atoms with Gasteiger partial charge in [-0.15, -0.1) is 11.6 Å². The fraction of sp³-hybridized carbons (Fsp3) is 0.270. The van der Waals surface area contributed by atoms with Gasteiger partial charge in [0.05, 0.1) is 24.1 Å². The Kier molecular flexibility index (Phi) is 7.39. The molecule has 0 spiro atoms. The maximum absolute atomic E-state index is 4.79. The molecule has 4 nitrogen and oxygen atoms in total. The molecule has 0 fully saturated rings. The smallest absolute Gasteiger partial charge is 0.349 e. The Hall–Kier alpha value is -3.62. The number of pyridine rings is 1. The van der Waals surface area contributed by atoms with Gasteiger partial charge in [0.15, 0.2) is 0 Å². The molecule has 2 atom stereocenters. The third-order valence-corrected chi connectivity index (χ3v) is 8.92. The molecule has 0 saturated heterocycles. The van der Waals surface area contributed by atoms with Gasteiger partial charge < -0.3 is 14.7 Å². The van der Waals surface area contributed by atoms with E-state index in [4.69, 9.17) is 4.98 Å². The molecule has 3 heterocycles. The van der Waals surface area contributed by atoms with Gasteiger partial charge in [0.25, 0.3) is 0 Å². The topological polar surface area (TPSA) is 22.6 Å². The normalized spacial score (nSPS) is 18.7. The van der Waals surface area contributed by atoms with E-state index in [9.17, 15) is 0 Å². The summed E-state index contributed by atoms with van der Waals surface area (Å²) in [6.45, 7) is 12.0. The molecule has 0 radical (unpaired) electrons. The van der Waals surface area contributed by atoms with Crippen molar-refractivity contribution < 1.29 is 21.1 Å². The van der Waals surface area contributed by atoms with Crippen LogP contribution in [-0.2, 0) is 26.5 Å². The first-order valence-electron chi connectivity index (χ1n) is 14.6. The van der Waals surface area contributed by atoms with Gasteiger partial charge in [0.1, 0.15) is 5.82 Å². The number of rotatable bonds is 5. The minimum absolute atomic E-state index is 0. The van der Waals surface area contributed by atoms with Gasteiger partial charge in [0.2, 0.25) is 0 Å². The van der Waals surface area contributed by atoms with Gasteiger partial charge in [-0.3, -0.25) is 0 Å². The minimum atomic E-state index is -0.298. The van der Waals surface area contributed by atoms with E-state index in [-0.39, 0.29) is 32.5 Å². The number of fused-ring (bicyclic) bond motifs is 4. The predicted octanol–water partition coefficient (Wildman–Crippen LogP) is 8.37. The molecule has 4 aromatic rings. The summed E-state index contributed by atoms with van der Waals surface area (Å²) in [4.78, 5) is 12.0. The van der Waals surface area contributed by atoms with E-state index in [1.807, 2.05) is 6.20 Å². The third-order valence-electron chi connectivity index (χ3n) is 8.92. The fourth-order valence-corrected chi connectivity index (χ4v) is 6.54. The molecule has 0 amide bonds. The largest absolute Gasteiger partial charge is 2.00 e. The quantitative estimate of drug-likeness (QED) is 0.193. The minimum Gasteiger partial charge on any atom is -0.349 e. The zero-order chi connectivity index (χ0) is 28.3. The molecule has 5 heteroatoms. The summed E-state index contributed by atoms with van der Waals surface area (Å²) in [7, 11) is 0. The van der Waals surface area contributed by atoms with E-state index >= 15 is 0 Å². The Morgan fingerprint density at radius 2 is 1.64 bits per heavy atom. The number of aryl methyl sites for hydroxylation is 1. The first-order valence-corrected chi connectivity index (χ1v) is 14.6. The van der Waals surface area contributed by atoms with E-state index in [1.165, 1.54) is 22.5 Å². The number of hydrogen-bond acceptors (Lipinski definition) is 4. The van der Waals surface area contributed by atoms with Crippen molar-refractivity contribution in [2.45, 2.75) is 58.0 Å². The summed E-state index contributed by atoms with van der Waals surface area (Å²) in [5.41, 5.74) is 9.26. The number of anilines is 5. The molecule has 0 saturated carbocycles. The second-order valence-corrected chi connectivity index (χ2v) is 12.2. The van der Waals surface area contributed by atoms with Crippen LogP contribution in [0.4, 0.5) is 28.6 Å². The number of allylic oxidation sites excluding steroid dienone is 2. The van der Waals surface area contributed by atoms with Gasteiger partial charge in [-0.05, 0) is 61.9 Å². The van der Waals surface area contributed by atoms with Crippen molar-refractivity contribution in [3.05, 3.63) is 132 Å². The summed E-state index contributed by atoms with van der Waals surface area (Å²) in [6, 6.07) is 32.4. The molecule has 2 aliphatic heterocycles. The number of aromatic nitrogens is 1. The third kappa shape index (κ3) is 4.61. The van der Waals surface area contributed by atoms with Crippen LogP contribution in [0.15, 0.2) is 97.2 Å². The molecule has 3 aromatic carbocycles. The molecule has 0 N–H and O–H groups in total. The first-order chi connectivity index (χ1) is 19.8. The number of nitrogens with zero attached hydrogens (tertiary/aromatic N) is 4. The van der Waals surface area contributed by atoms with Crippen molar-refractivity contribution in [3.8, 4) is 0 Å². The van der Waals surface area contributed by atoms with E-state index in [2.05, 4.69) is 152 Å². The van der Waals surface area contributed by atoms with Gasteiger partial charge in [-0.1, -0.05) is 61.7 Å². The van der Waals surface area contributed by atoms with Crippen molar-refractivity contribution in [1.29, 1.82) is 0 Å². The van der Waals surface area contributed by atoms with Crippen LogP contribution in [0, 0.1) is 19.1 Å². The number of benzene rings is 3. The van der Waals surface area contributed by atoms with Gasteiger partial charge >= 0.3 is 21.1 Å². The SMILES string of the molecule is Cc1ccnc(N2c3[c-]c(C(C)(C)c4[c-]c(N5CN(C(C)C)c6ccccc65)ccc4)ccc3C3C=CC=CC32)c1.[Pt+2]. The van der Waals surface area contributed by atoms with Crippen LogP contribution in [0.1, 0.15) is 55.9 Å². The van der Waals surface area contributed by atoms with E-state index in [1.54, 1.807) is 0 Å². The molecule has 7 rings (SSSR count). The molecule has 214 valence electrons. The van der Waals surface area contributed by atoms with Crippen LogP contribution in [0.25, 0.3) is 0 Å². The molecule has 1 aliphatic carbocycles. The standard InChI is InChI=1S/C37H36N4.Pt/c1-25(2)39-24-40(34-16-9-8-15-33(34)39)29-12-10-11-27(22-29)37(4,5)28-17-18-31-30-13-6-7-14-32(30)41(35(31)23-28)36-21-26(3)19-20-38-36;/h6-21,25,30,32H,24H2,1-5H3;/q-2;+2. The van der Waals surface area contributed by atoms with Crippen molar-refractivity contribution in [2.75, 3.05) is 21.4 Å². The van der Waals surface area contributed by atoms with E-state index in [0.29, 0.717) is 12.0 Å².